The van der Waals surface area contributed by atoms with E-state index >= 15 is 0 Å². The fraction of sp³-hybridized carbons (Fsp3) is 0.238. The van der Waals surface area contributed by atoms with Crippen molar-refractivity contribution >= 4 is 5.52 Å². The second-order valence-corrected chi connectivity index (χ2v) is 6.88. The van der Waals surface area contributed by atoms with Crippen LogP contribution in [0.5, 0.6) is 0 Å². The van der Waals surface area contributed by atoms with Crippen molar-refractivity contribution in [3.05, 3.63) is 78.6 Å². The van der Waals surface area contributed by atoms with Gasteiger partial charge in [-0.15, -0.1) is 5.10 Å². The van der Waals surface area contributed by atoms with Gasteiger partial charge >= 0.3 is 0 Å². The first-order valence-corrected chi connectivity index (χ1v) is 9.36. The van der Waals surface area contributed by atoms with Crippen molar-refractivity contribution < 1.29 is 4.74 Å². The largest absolute Gasteiger partial charge is 0.369 e. The summed E-state index contributed by atoms with van der Waals surface area (Å²) in [5, 5.41) is 8.75. The third-order valence-electron chi connectivity index (χ3n) is 5.00. The first kappa shape index (κ1) is 17.0. The number of fused-ring (bicyclic) bond motifs is 1. The molecule has 0 aromatic carbocycles. The highest BCUT2D eigenvalue weighted by Crippen LogP contribution is 2.26. The van der Waals surface area contributed by atoms with E-state index in [9.17, 15) is 0 Å². The lowest BCUT2D eigenvalue weighted by molar-refractivity contribution is -0.0346. The predicted octanol–water partition coefficient (Wildman–Crippen LogP) is 2.76. The van der Waals surface area contributed by atoms with Crippen LogP contribution in [0.4, 0.5) is 0 Å². The van der Waals surface area contributed by atoms with Crippen molar-refractivity contribution in [2.45, 2.75) is 12.6 Å². The topological polar surface area (TPSA) is 68.4 Å². The van der Waals surface area contributed by atoms with Crippen LogP contribution >= 0.6 is 0 Å². The molecule has 4 aromatic rings. The SMILES string of the molecule is c1ccc(CN2CCO[C@@H](c3nnn4cc(-c5cccnc5)ccc34)C2)nc1. The smallest absolute Gasteiger partial charge is 0.121 e. The van der Waals surface area contributed by atoms with Gasteiger partial charge in [0.1, 0.15) is 11.8 Å². The van der Waals surface area contributed by atoms with Crippen molar-refractivity contribution in [3.63, 3.8) is 0 Å². The van der Waals surface area contributed by atoms with Crippen LogP contribution in [0.2, 0.25) is 0 Å². The molecular formula is C21H20N6O. The maximum atomic E-state index is 6.03. The van der Waals surface area contributed by atoms with Gasteiger partial charge in [0, 0.05) is 55.5 Å². The zero-order chi connectivity index (χ0) is 18.8. The maximum absolute atomic E-state index is 6.03. The number of rotatable bonds is 4. The molecule has 0 spiro atoms. The molecule has 1 aliphatic heterocycles. The monoisotopic (exact) mass is 372 g/mol. The summed E-state index contributed by atoms with van der Waals surface area (Å²) < 4.78 is 7.84. The van der Waals surface area contributed by atoms with Crippen molar-refractivity contribution in [2.24, 2.45) is 0 Å². The van der Waals surface area contributed by atoms with Gasteiger partial charge in [0.15, 0.2) is 0 Å². The van der Waals surface area contributed by atoms with Crippen molar-refractivity contribution in [1.29, 1.82) is 0 Å². The highest BCUT2D eigenvalue weighted by molar-refractivity contribution is 5.65. The van der Waals surface area contributed by atoms with E-state index in [-0.39, 0.29) is 6.10 Å². The molecule has 28 heavy (non-hydrogen) atoms. The molecule has 0 aliphatic carbocycles. The number of nitrogens with zero attached hydrogens (tertiary/aromatic N) is 6. The van der Waals surface area contributed by atoms with Gasteiger partial charge in [0.25, 0.3) is 0 Å². The Labute approximate surface area is 162 Å². The number of ether oxygens (including phenoxy) is 1. The molecule has 140 valence electrons. The Morgan fingerprint density at radius 3 is 2.89 bits per heavy atom. The summed E-state index contributed by atoms with van der Waals surface area (Å²) in [6.07, 6.45) is 7.34. The summed E-state index contributed by atoms with van der Waals surface area (Å²) >= 11 is 0. The molecule has 0 radical (unpaired) electrons. The lowest BCUT2D eigenvalue weighted by Gasteiger charge is -2.31. The number of aromatic nitrogens is 5. The van der Waals surface area contributed by atoms with Gasteiger partial charge < -0.3 is 4.74 Å². The van der Waals surface area contributed by atoms with Gasteiger partial charge in [-0.3, -0.25) is 14.9 Å². The van der Waals surface area contributed by atoms with Crippen LogP contribution < -0.4 is 0 Å². The van der Waals surface area contributed by atoms with Crippen LogP contribution in [0.1, 0.15) is 17.5 Å². The van der Waals surface area contributed by atoms with Crippen LogP contribution in [0.15, 0.2) is 67.3 Å². The standard InChI is InChI=1S/C21H20N6O/c1-2-9-23-18(5-1)14-26-10-11-28-20(15-26)21-19-7-6-17(13-27(19)25-24-21)16-4-3-8-22-12-16/h1-9,12-13,20H,10-11,14-15H2/t20-/m1/s1. The van der Waals surface area contributed by atoms with Crippen LogP contribution in [0.25, 0.3) is 16.6 Å². The predicted molar refractivity (Wildman–Crippen MR) is 104 cm³/mol. The molecule has 5 rings (SSSR count). The summed E-state index contributed by atoms with van der Waals surface area (Å²) in [5.74, 6) is 0. The lowest BCUT2D eigenvalue weighted by atomic mass is 10.1. The van der Waals surface area contributed by atoms with Gasteiger partial charge in [-0.1, -0.05) is 23.4 Å². The average Bonchev–Trinajstić information content (AvgIpc) is 3.19. The first-order chi connectivity index (χ1) is 13.9. The fourth-order valence-electron chi connectivity index (χ4n) is 3.58. The van der Waals surface area contributed by atoms with E-state index in [0.29, 0.717) is 6.61 Å². The van der Waals surface area contributed by atoms with Gasteiger partial charge in [0.05, 0.1) is 17.8 Å². The third-order valence-corrected chi connectivity index (χ3v) is 5.00. The highest BCUT2D eigenvalue weighted by Gasteiger charge is 2.26. The van der Waals surface area contributed by atoms with Crippen LogP contribution in [-0.4, -0.2) is 49.4 Å². The second kappa shape index (κ2) is 7.46. The molecule has 7 heteroatoms. The lowest BCUT2D eigenvalue weighted by Crippen LogP contribution is -2.38. The molecule has 1 saturated heterocycles. The van der Waals surface area contributed by atoms with Crippen LogP contribution in [0, 0.1) is 0 Å². The zero-order valence-electron chi connectivity index (χ0n) is 15.3. The first-order valence-electron chi connectivity index (χ1n) is 9.36. The van der Waals surface area contributed by atoms with Gasteiger partial charge in [-0.25, -0.2) is 4.52 Å². The maximum Gasteiger partial charge on any atom is 0.121 e. The average molecular weight is 372 g/mol. The Morgan fingerprint density at radius 2 is 2.04 bits per heavy atom. The molecule has 0 saturated carbocycles. The van der Waals surface area contributed by atoms with Gasteiger partial charge in [-0.2, -0.15) is 0 Å². The second-order valence-electron chi connectivity index (χ2n) is 6.88. The summed E-state index contributed by atoms with van der Waals surface area (Å²) in [6.45, 7) is 3.14. The van der Waals surface area contributed by atoms with Crippen molar-refractivity contribution in [3.8, 4) is 11.1 Å². The molecule has 4 aromatic heterocycles. The molecular weight excluding hydrogens is 352 g/mol. The summed E-state index contributed by atoms with van der Waals surface area (Å²) in [4.78, 5) is 11.0. The van der Waals surface area contributed by atoms with E-state index in [1.807, 2.05) is 47.4 Å². The Morgan fingerprint density at radius 1 is 1.04 bits per heavy atom. The molecule has 1 aliphatic rings. The van der Waals surface area contributed by atoms with Crippen molar-refractivity contribution in [1.82, 2.24) is 29.7 Å². The van der Waals surface area contributed by atoms with E-state index in [2.05, 4.69) is 43.4 Å². The molecule has 1 atom stereocenters. The van der Waals surface area contributed by atoms with E-state index < -0.39 is 0 Å². The fourth-order valence-corrected chi connectivity index (χ4v) is 3.58. The van der Waals surface area contributed by atoms with E-state index in [0.717, 1.165) is 47.7 Å². The highest BCUT2D eigenvalue weighted by atomic mass is 16.5. The van der Waals surface area contributed by atoms with E-state index in [1.54, 1.807) is 6.20 Å². The minimum absolute atomic E-state index is 0.0980. The van der Waals surface area contributed by atoms with Crippen LogP contribution in [-0.2, 0) is 11.3 Å². The minimum atomic E-state index is -0.0980. The Balaban J connectivity index is 1.38. The van der Waals surface area contributed by atoms with E-state index in [1.165, 1.54) is 0 Å². The summed E-state index contributed by atoms with van der Waals surface area (Å²) in [7, 11) is 0. The molecule has 1 fully saturated rings. The molecule has 0 unspecified atom stereocenters. The Bertz CT molecular complexity index is 1070. The van der Waals surface area contributed by atoms with E-state index in [4.69, 9.17) is 4.74 Å². The number of hydrogen-bond donors (Lipinski definition) is 0. The molecule has 7 nitrogen and oxygen atoms in total. The number of hydrogen-bond acceptors (Lipinski definition) is 6. The molecule has 0 N–H and O–H groups in total. The normalized spacial score (nSPS) is 17.8. The van der Waals surface area contributed by atoms with Crippen LogP contribution in [0.3, 0.4) is 0 Å². The Hall–Kier alpha value is -3.16. The van der Waals surface area contributed by atoms with Gasteiger partial charge in [-0.05, 0) is 24.3 Å². The van der Waals surface area contributed by atoms with Gasteiger partial charge in [0.2, 0.25) is 0 Å². The third kappa shape index (κ3) is 3.37. The zero-order valence-corrected chi connectivity index (χ0v) is 15.3. The summed E-state index contributed by atoms with van der Waals surface area (Å²) in [5.41, 5.74) is 5.02. The summed E-state index contributed by atoms with van der Waals surface area (Å²) in [6, 6.07) is 14.1. The Kier molecular flexibility index (Phi) is 4.52. The quantitative estimate of drug-likeness (QED) is 0.549. The minimum Gasteiger partial charge on any atom is -0.369 e. The number of pyridine rings is 3. The molecule has 0 bridgehead atoms. The molecule has 5 heterocycles. The number of morpholine rings is 1. The molecule has 0 amide bonds. The van der Waals surface area contributed by atoms with Crippen molar-refractivity contribution in [2.75, 3.05) is 19.7 Å².